The number of rotatable bonds is 5. The molecule has 0 radical (unpaired) electrons. The van der Waals surface area contributed by atoms with Gasteiger partial charge < -0.3 is 5.32 Å². The Morgan fingerprint density at radius 3 is 2.50 bits per heavy atom. The molecule has 0 spiro atoms. The Morgan fingerprint density at radius 1 is 1.00 bits per heavy atom. The van der Waals surface area contributed by atoms with E-state index < -0.39 is 0 Å². The Hall–Kier alpha value is 0.310. The zero-order valence-electron chi connectivity index (χ0n) is 14.0. The zero-order chi connectivity index (χ0) is 14.5. The van der Waals surface area contributed by atoms with E-state index in [-0.39, 0.29) is 0 Å². The molecule has 1 nitrogen and oxygen atoms in total. The Morgan fingerprint density at radius 2 is 1.80 bits per heavy atom. The average molecular weight is 298 g/mol. The smallest absolute Gasteiger partial charge is 0.0229 e. The van der Waals surface area contributed by atoms with Crippen molar-refractivity contribution in [2.45, 2.75) is 89.2 Å². The zero-order valence-corrected chi connectivity index (χ0v) is 14.8. The molecule has 118 valence electrons. The number of nitrogens with one attached hydrogen (secondary N) is 1. The molecule has 2 heteroatoms. The third-order valence-electron chi connectivity index (χ3n) is 5.28. The largest absolute Gasteiger partial charge is 0.313 e. The fraction of sp³-hybridized carbons (Fsp3) is 1.00. The molecule has 2 saturated carbocycles. The second-order valence-corrected chi connectivity index (χ2v) is 9.09. The molecule has 0 heterocycles. The van der Waals surface area contributed by atoms with Crippen molar-refractivity contribution in [3.05, 3.63) is 0 Å². The topological polar surface area (TPSA) is 12.0 Å². The van der Waals surface area contributed by atoms with Crippen LogP contribution in [0.3, 0.4) is 0 Å². The summed E-state index contributed by atoms with van der Waals surface area (Å²) < 4.78 is 0. The van der Waals surface area contributed by atoms with Crippen molar-refractivity contribution in [1.29, 1.82) is 0 Å². The number of thioether (sulfide) groups is 1. The molecule has 1 N–H and O–H groups in total. The lowest BCUT2D eigenvalue weighted by molar-refractivity contribution is 0.248. The normalized spacial score (nSPS) is 42.6. The molecule has 2 fully saturated rings. The summed E-state index contributed by atoms with van der Waals surface area (Å²) in [6, 6.07) is 0.760. The molecule has 0 saturated heterocycles. The molecule has 20 heavy (non-hydrogen) atoms. The van der Waals surface area contributed by atoms with E-state index in [0.717, 1.165) is 34.3 Å². The van der Waals surface area contributed by atoms with E-state index in [0.29, 0.717) is 0 Å². The summed E-state index contributed by atoms with van der Waals surface area (Å²) in [5, 5.41) is 5.65. The summed E-state index contributed by atoms with van der Waals surface area (Å²) >= 11 is 2.35. The molecule has 6 unspecified atom stereocenters. The second kappa shape index (κ2) is 8.08. The molecule has 0 bridgehead atoms. The van der Waals surface area contributed by atoms with Crippen LogP contribution in [0.1, 0.15) is 72.6 Å². The van der Waals surface area contributed by atoms with Gasteiger partial charge in [0.25, 0.3) is 0 Å². The van der Waals surface area contributed by atoms with Crippen LogP contribution in [0.25, 0.3) is 0 Å². The number of hydrogen-bond acceptors (Lipinski definition) is 2. The molecule has 0 amide bonds. The molecule has 2 aliphatic rings. The predicted octanol–water partition coefficient (Wildman–Crippen LogP) is 5.10. The predicted molar refractivity (Wildman–Crippen MR) is 92.4 cm³/mol. The fourth-order valence-corrected chi connectivity index (χ4v) is 6.27. The average Bonchev–Trinajstić information content (AvgIpc) is 2.40. The van der Waals surface area contributed by atoms with Crippen LogP contribution in [-0.4, -0.2) is 23.1 Å². The summed E-state index contributed by atoms with van der Waals surface area (Å²) in [6.45, 7) is 10.9. The Balaban J connectivity index is 1.93. The summed E-state index contributed by atoms with van der Waals surface area (Å²) in [5.41, 5.74) is 0. The first-order valence-electron chi connectivity index (χ1n) is 8.99. The van der Waals surface area contributed by atoms with Crippen molar-refractivity contribution in [3.8, 4) is 0 Å². The van der Waals surface area contributed by atoms with E-state index in [2.05, 4.69) is 44.8 Å². The van der Waals surface area contributed by atoms with Gasteiger partial charge in [0, 0.05) is 16.5 Å². The van der Waals surface area contributed by atoms with Gasteiger partial charge in [-0.15, -0.1) is 0 Å². The lowest BCUT2D eigenvalue weighted by Crippen LogP contribution is -2.47. The number of hydrogen-bond donors (Lipinski definition) is 1. The maximum Gasteiger partial charge on any atom is 0.0229 e. The van der Waals surface area contributed by atoms with Gasteiger partial charge in [0.05, 0.1) is 0 Å². The van der Waals surface area contributed by atoms with Crippen LogP contribution < -0.4 is 5.32 Å². The first-order chi connectivity index (χ1) is 9.60. The summed E-state index contributed by atoms with van der Waals surface area (Å²) in [5.74, 6) is 2.75. The molecular formula is C18H35NS. The first kappa shape index (κ1) is 16.7. The van der Waals surface area contributed by atoms with Gasteiger partial charge in [-0.25, -0.2) is 0 Å². The van der Waals surface area contributed by atoms with E-state index >= 15 is 0 Å². The van der Waals surface area contributed by atoms with Crippen LogP contribution >= 0.6 is 11.8 Å². The molecule has 2 aliphatic carbocycles. The quantitative estimate of drug-likeness (QED) is 0.757. The minimum absolute atomic E-state index is 0.760. The fourth-order valence-electron chi connectivity index (χ4n) is 4.31. The summed E-state index contributed by atoms with van der Waals surface area (Å²) in [4.78, 5) is 0. The molecular weight excluding hydrogens is 262 g/mol. The highest BCUT2D eigenvalue weighted by molar-refractivity contribution is 8.00. The van der Waals surface area contributed by atoms with E-state index in [1.807, 2.05) is 0 Å². The van der Waals surface area contributed by atoms with E-state index in [9.17, 15) is 0 Å². The Labute approximate surface area is 131 Å². The first-order valence-corrected chi connectivity index (χ1v) is 9.93. The molecule has 0 aromatic heterocycles. The second-order valence-electron chi connectivity index (χ2n) is 7.61. The van der Waals surface area contributed by atoms with E-state index in [1.165, 1.54) is 51.5 Å². The molecule has 2 rings (SSSR count). The van der Waals surface area contributed by atoms with Crippen molar-refractivity contribution in [2.24, 2.45) is 17.8 Å². The van der Waals surface area contributed by atoms with Crippen molar-refractivity contribution in [1.82, 2.24) is 5.32 Å². The third-order valence-corrected chi connectivity index (χ3v) is 7.20. The van der Waals surface area contributed by atoms with Gasteiger partial charge in [0.15, 0.2) is 0 Å². The SMILES string of the molecule is CCCNC1CC(C)CC(C)C1SC1CCCC(C)C1. The Kier molecular flexibility index (Phi) is 6.74. The van der Waals surface area contributed by atoms with Crippen molar-refractivity contribution < 1.29 is 0 Å². The summed E-state index contributed by atoms with van der Waals surface area (Å²) in [6.07, 6.45) is 9.94. The standard InChI is InChI=1S/C18H35NS/c1-5-9-19-17-12-14(3)10-15(4)18(17)20-16-8-6-7-13(2)11-16/h13-19H,5-12H2,1-4H3. The maximum absolute atomic E-state index is 3.86. The lowest BCUT2D eigenvalue weighted by atomic mass is 9.80. The minimum atomic E-state index is 0.760. The van der Waals surface area contributed by atoms with E-state index in [1.54, 1.807) is 0 Å². The van der Waals surface area contributed by atoms with Crippen LogP contribution in [0, 0.1) is 17.8 Å². The van der Waals surface area contributed by atoms with Crippen LogP contribution in [0.2, 0.25) is 0 Å². The van der Waals surface area contributed by atoms with Gasteiger partial charge in [0.2, 0.25) is 0 Å². The monoisotopic (exact) mass is 297 g/mol. The highest BCUT2D eigenvalue weighted by Crippen LogP contribution is 2.42. The van der Waals surface area contributed by atoms with Crippen molar-refractivity contribution in [3.63, 3.8) is 0 Å². The molecule has 6 atom stereocenters. The van der Waals surface area contributed by atoms with Gasteiger partial charge in [-0.3, -0.25) is 0 Å². The summed E-state index contributed by atoms with van der Waals surface area (Å²) in [7, 11) is 0. The third kappa shape index (κ3) is 4.66. The van der Waals surface area contributed by atoms with E-state index in [4.69, 9.17) is 0 Å². The van der Waals surface area contributed by atoms with Crippen LogP contribution in [0.4, 0.5) is 0 Å². The Bertz CT molecular complexity index is 281. The molecule has 0 aliphatic heterocycles. The van der Waals surface area contributed by atoms with Crippen molar-refractivity contribution >= 4 is 11.8 Å². The van der Waals surface area contributed by atoms with Gasteiger partial charge >= 0.3 is 0 Å². The highest BCUT2D eigenvalue weighted by Gasteiger charge is 2.36. The maximum atomic E-state index is 3.86. The van der Waals surface area contributed by atoms with Crippen LogP contribution in [0.15, 0.2) is 0 Å². The van der Waals surface area contributed by atoms with Crippen LogP contribution in [-0.2, 0) is 0 Å². The molecule has 0 aromatic carbocycles. The minimum Gasteiger partial charge on any atom is -0.313 e. The van der Waals surface area contributed by atoms with Crippen LogP contribution in [0.5, 0.6) is 0 Å². The van der Waals surface area contributed by atoms with Gasteiger partial charge in [0.1, 0.15) is 0 Å². The van der Waals surface area contributed by atoms with Gasteiger partial charge in [-0.1, -0.05) is 40.5 Å². The highest BCUT2D eigenvalue weighted by atomic mass is 32.2. The lowest BCUT2D eigenvalue weighted by Gasteiger charge is -2.42. The van der Waals surface area contributed by atoms with Gasteiger partial charge in [-0.2, -0.15) is 11.8 Å². The van der Waals surface area contributed by atoms with Gasteiger partial charge in [-0.05, 0) is 56.4 Å². The van der Waals surface area contributed by atoms with Crippen molar-refractivity contribution in [2.75, 3.05) is 6.54 Å². The molecule has 0 aromatic rings.